The van der Waals surface area contributed by atoms with Gasteiger partial charge in [-0.25, -0.2) is 0 Å². The second-order valence-electron chi connectivity index (χ2n) is 5.43. The normalized spacial score (nSPS) is 12.2. The van der Waals surface area contributed by atoms with Crippen LogP contribution in [-0.2, 0) is 0 Å². The summed E-state index contributed by atoms with van der Waals surface area (Å²) >= 11 is 0. The van der Waals surface area contributed by atoms with Crippen molar-refractivity contribution < 1.29 is 4.42 Å². The number of hydrogen-bond acceptors (Lipinski definition) is 1. The number of furan rings is 1. The van der Waals surface area contributed by atoms with Crippen LogP contribution in [0, 0.1) is 6.92 Å². The van der Waals surface area contributed by atoms with Crippen LogP contribution in [0.4, 0.5) is 0 Å². The van der Waals surface area contributed by atoms with Gasteiger partial charge in [0.15, 0.2) is 0 Å². The van der Waals surface area contributed by atoms with Gasteiger partial charge in [0, 0.05) is 10.9 Å². The molecule has 1 aromatic heterocycles. The van der Waals surface area contributed by atoms with Crippen LogP contribution in [0.5, 0.6) is 0 Å². The Morgan fingerprint density at radius 2 is 1.83 bits per heavy atom. The largest absolute Gasteiger partial charge is 0.461 e. The summed E-state index contributed by atoms with van der Waals surface area (Å²) in [5.74, 6) is 0.938. The van der Waals surface area contributed by atoms with E-state index in [9.17, 15) is 0 Å². The maximum absolute atomic E-state index is 6.01. The van der Waals surface area contributed by atoms with Crippen molar-refractivity contribution in [3.63, 3.8) is 0 Å². The maximum atomic E-state index is 6.01. The molecule has 1 nitrogen and oxygen atoms in total. The Labute approximate surface area is 137 Å². The highest BCUT2D eigenvalue weighted by atomic mass is 16.3. The molecule has 114 valence electrons. The molecule has 2 aromatic carbocycles. The van der Waals surface area contributed by atoms with E-state index in [0.29, 0.717) is 0 Å². The zero-order chi connectivity index (χ0) is 16.2. The summed E-state index contributed by atoms with van der Waals surface area (Å²) in [6.07, 6.45) is 8.03. The van der Waals surface area contributed by atoms with Crippen LogP contribution in [0.25, 0.3) is 27.7 Å². The van der Waals surface area contributed by atoms with Crippen LogP contribution >= 0.6 is 0 Å². The molecule has 0 saturated carbocycles. The van der Waals surface area contributed by atoms with Crippen molar-refractivity contribution in [1.82, 2.24) is 0 Å². The first-order valence-electron chi connectivity index (χ1n) is 7.79. The molecular weight excluding hydrogens is 280 g/mol. The van der Waals surface area contributed by atoms with E-state index >= 15 is 0 Å². The number of benzene rings is 2. The SMILES string of the molecule is C=C/C(=C\C=C/C)c1cccc2oc(C)c(-c3ccccc3)c12. The van der Waals surface area contributed by atoms with Gasteiger partial charge >= 0.3 is 0 Å². The van der Waals surface area contributed by atoms with E-state index in [-0.39, 0.29) is 0 Å². The first-order valence-corrected chi connectivity index (χ1v) is 7.79. The molecule has 0 N–H and O–H groups in total. The molecule has 0 fully saturated rings. The topological polar surface area (TPSA) is 13.1 Å². The van der Waals surface area contributed by atoms with Crippen molar-refractivity contribution in [2.75, 3.05) is 0 Å². The van der Waals surface area contributed by atoms with Crippen LogP contribution in [-0.4, -0.2) is 0 Å². The molecule has 0 aliphatic rings. The Morgan fingerprint density at radius 3 is 2.52 bits per heavy atom. The van der Waals surface area contributed by atoms with Gasteiger partial charge in [-0.2, -0.15) is 0 Å². The molecule has 0 radical (unpaired) electrons. The fourth-order valence-corrected chi connectivity index (χ4v) is 2.93. The molecule has 0 atom stereocenters. The van der Waals surface area contributed by atoms with Gasteiger partial charge in [0.25, 0.3) is 0 Å². The predicted molar refractivity (Wildman–Crippen MR) is 99.4 cm³/mol. The smallest absolute Gasteiger partial charge is 0.135 e. The second-order valence-corrected chi connectivity index (χ2v) is 5.43. The summed E-state index contributed by atoms with van der Waals surface area (Å²) in [6, 6.07) is 16.6. The minimum atomic E-state index is 0.909. The molecule has 23 heavy (non-hydrogen) atoms. The highest BCUT2D eigenvalue weighted by Gasteiger charge is 2.16. The van der Waals surface area contributed by atoms with Crippen LogP contribution in [0.1, 0.15) is 18.2 Å². The fourth-order valence-electron chi connectivity index (χ4n) is 2.93. The third kappa shape index (κ3) is 2.78. The standard InChI is InChI=1S/C22H20O/c1-4-6-11-17(5-2)19-14-10-15-20-22(19)21(16(3)23-20)18-12-8-7-9-13-18/h4-15H,2H2,1,3H3/b6-4-,17-11+. The van der Waals surface area contributed by atoms with Gasteiger partial charge in [-0.3, -0.25) is 0 Å². The monoisotopic (exact) mass is 300 g/mol. The minimum Gasteiger partial charge on any atom is -0.461 e. The molecule has 3 aromatic rings. The summed E-state index contributed by atoms with van der Waals surface area (Å²) in [7, 11) is 0. The molecule has 1 heteroatoms. The lowest BCUT2D eigenvalue weighted by Crippen LogP contribution is -1.85. The van der Waals surface area contributed by atoms with Crippen LogP contribution in [0.3, 0.4) is 0 Å². The fraction of sp³-hybridized carbons (Fsp3) is 0.0909. The van der Waals surface area contributed by atoms with Gasteiger partial charge in [-0.05, 0) is 36.6 Å². The lowest BCUT2D eigenvalue weighted by Gasteiger charge is -2.07. The first-order chi connectivity index (χ1) is 11.3. The zero-order valence-electron chi connectivity index (χ0n) is 13.5. The molecule has 0 aliphatic heterocycles. The van der Waals surface area contributed by atoms with E-state index in [1.807, 2.05) is 50.3 Å². The molecule has 1 heterocycles. The van der Waals surface area contributed by atoms with Crippen molar-refractivity contribution in [2.45, 2.75) is 13.8 Å². The van der Waals surface area contributed by atoms with Crippen LogP contribution in [0.15, 0.2) is 83.8 Å². The Balaban J connectivity index is 2.35. The molecule has 0 amide bonds. The van der Waals surface area contributed by atoms with Crippen molar-refractivity contribution >= 4 is 16.5 Å². The Morgan fingerprint density at radius 1 is 1.04 bits per heavy atom. The third-order valence-corrected chi connectivity index (χ3v) is 3.95. The van der Waals surface area contributed by atoms with Crippen molar-refractivity contribution in [3.8, 4) is 11.1 Å². The predicted octanol–water partition coefficient (Wildman–Crippen LogP) is 6.55. The van der Waals surface area contributed by atoms with Crippen molar-refractivity contribution in [3.05, 3.63) is 90.7 Å². The third-order valence-electron chi connectivity index (χ3n) is 3.95. The summed E-state index contributed by atoms with van der Waals surface area (Å²) in [4.78, 5) is 0. The average Bonchev–Trinajstić information content (AvgIpc) is 2.92. The number of rotatable bonds is 4. The maximum Gasteiger partial charge on any atom is 0.135 e. The highest BCUT2D eigenvalue weighted by Crippen LogP contribution is 2.38. The van der Waals surface area contributed by atoms with Gasteiger partial charge in [0.05, 0.1) is 0 Å². The Kier molecular flexibility index (Phi) is 4.29. The lowest BCUT2D eigenvalue weighted by molar-refractivity contribution is 0.580. The molecular formula is C22H20O. The summed E-state index contributed by atoms with van der Waals surface area (Å²) < 4.78 is 6.01. The number of fused-ring (bicyclic) bond motifs is 1. The van der Waals surface area contributed by atoms with Gasteiger partial charge in [-0.15, -0.1) is 0 Å². The number of allylic oxidation sites excluding steroid dienone is 5. The molecule has 0 unspecified atom stereocenters. The number of aryl methyl sites for hydroxylation is 1. The van der Waals surface area contributed by atoms with Crippen molar-refractivity contribution in [2.24, 2.45) is 0 Å². The van der Waals surface area contributed by atoms with E-state index in [1.54, 1.807) is 0 Å². The van der Waals surface area contributed by atoms with Gasteiger partial charge < -0.3 is 4.42 Å². The molecule has 0 aliphatic carbocycles. The highest BCUT2D eigenvalue weighted by molar-refractivity contribution is 6.04. The van der Waals surface area contributed by atoms with E-state index in [2.05, 4.69) is 43.0 Å². The summed E-state index contributed by atoms with van der Waals surface area (Å²) in [6.45, 7) is 8.01. The Hall–Kier alpha value is -2.80. The van der Waals surface area contributed by atoms with E-state index in [0.717, 1.165) is 33.4 Å². The van der Waals surface area contributed by atoms with Gasteiger partial charge in [0.1, 0.15) is 11.3 Å². The molecule has 0 spiro atoms. The molecule has 0 bridgehead atoms. The van der Waals surface area contributed by atoms with Crippen molar-refractivity contribution in [1.29, 1.82) is 0 Å². The lowest BCUT2D eigenvalue weighted by atomic mass is 9.94. The number of hydrogen-bond donors (Lipinski definition) is 0. The average molecular weight is 300 g/mol. The van der Waals surface area contributed by atoms with Crippen LogP contribution in [0.2, 0.25) is 0 Å². The van der Waals surface area contributed by atoms with Gasteiger partial charge in [0.2, 0.25) is 0 Å². The Bertz CT molecular complexity index is 892. The zero-order valence-corrected chi connectivity index (χ0v) is 13.5. The minimum absolute atomic E-state index is 0.909. The van der Waals surface area contributed by atoms with Crippen LogP contribution < -0.4 is 0 Å². The van der Waals surface area contributed by atoms with E-state index < -0.39 is 0 Å². The molecule has 3 rings (SSSR count). The van der Waals surface area contributed by atoms with E-state index in [1.165, 1.54) is 5.56 Å². The summed E-state index contributed by atoms with van der Waals surface area (Å²) in [5.41, 5.74) is 5.47. The second kappa shape index (κ2) is 6.53. The first kappa shape index (κ1) is 15.1. The summed E-state index contributed by atoms with van der Waals surface area (Å²) in [5, 5.41) is 1.15. The quantitative estimate of drug-likeness (QED) is 0.498. The van der Waals surface area contributed by atoms with Gasteiger partial charge in [-0.1, -0.05) is 73.3 Å². The molecule has 0 saturated heterocycles. The van der Waals surface area contributed by atoms with E-state index in [4.69, 9.17) is 4.42 Å².